The molecule has 0 aliphatic carbocycles. The van der Waals surface area contributed by atoms with Crippen LogP contribution in [0.5, 0.6) is 5.75 Å². The normalized spacial score (nSPS) is 10.7. The van der Waals surface area contributed by atoms with E-state index in [-0.39, 0.29) is 11.9 Å². The van der Waals surface area contributed by atoms with Crippen molar-refractivity contribution < 1.29 is 9.13 Å². The zero-order chi connectivity index (χ0) is 14.7. The lowest BCUT2D eigenvalue weighted by atomic mass is 10.2. The zero-order valence-electron chi connectivity index (χ0n) is 11.3. The molecule has 0 saturated carbocycles. The Morgan fingerprint density at radius 1 is 1.15 bits per heavy atom. The van der Waals surface area contributed by atoms with Crippen molar-refractivity contribution in [2.45, 2.75) is 20.0 Å². The molecule has 0 unspecified atom stereocenters. The fourth-order valence-electron chi connectivity index (χ4n) is 1.78. The maximum atomic E-state index is 13.2. The van der Waals surface area contributed by atoms with Gasteiger partial charge >= 0.3 is 0 Å². The predicted molar refractivity (Wildman–Crippen MR) is 84.0 cm³/mol. The van der Waals surface area contributed by atoms with Crippen molar-refractivity contribution in [3.8, 4) is 5.75 Å². The monoisotopic (exact) mass is 338 g/mol. The van der Waals surface area contributed by atoms with Gasteiger partial charge in [0.05, 0.1) is 10.6 Å². The minimum Gasteiger partial charge on any atom is -0.491 e. The summed E-state index contributed by atoms with van der Waals surface area (Å²) in [6.45, 7) is 3.90. The Labute approximate surface area is 126 Å². The first-order valence-electron chi connectivity index (χ1n) is 6.23. The van der Waals surface area contributed by atoms with Gasteiger partial charge in [-0.15, -0.1) is 0 Å². The van der Waals surface area contributed by atoms with Crippen LogP contribution in [0.25, 0.3) is 0 Å². The molecule has 2 aromatic rings. The molecule has 0 bridgehead atoms. The minimum atomic E-state index is -0.299. The number of halogens is 2. The van der Waals surface area contributed by atoms with E-state index in [1.165, 1.54) is 6.07 Å². The first kappa shape index (κ1) is 14.7. The second-order valence-corrected chi connectivity index (χ2v) is 5.57. The smallest absolute Gasteiger partial charge is 0.137 e. The molecule has 0 fully saturated rings. The van der Waals surface area contributed by atoms with Gasteiger partial charge in [-0.25, -0.2) is 4.39 Å². The number of benzene rings is 2. The molecule has 0 aliphatic rings. The van der Waals surface area contributed by atoms with E-state index < -0.39 is 0 Å². The standard InChI is InChI=1S/C15H16BrFN2O/c1-9(2)20-13-6-10(18)5-12(7-13)19-11-3-4-15(17)14(16)8-11/h3-9,19H,18H2,1-2H3. The van der Waals surface area contributed by atoms with Gasteiger partial charge in [-0.2, -0.15) is 0 Å². The highest BCUT2D eigenvalue weighted by molar-refractivity contribution is 9.10. The van der Waals surface area contributed by atoms with Gasteiger partial charge in [-0.3, -0.25) is 0 Å². The molecule has 2 rings (SSSR count). The van der Waals surface area contributed by atoms with Crippen molar-refractivity contribution >= 4 is 33.0 Å². The molecule has 0 saturated heterocycles. The number of nitrogens with one attached hydrogen (secondary N) is 1. The Bertz CT molecular complexity index is 617. The van der Waals surface area contributed by atoms with Crippen molar-refractivity contribution in [2.75, 3.05) is 11.1 Å². The third-order valence-corrected chi connectivity index (χ3v) is 3.12. The Kier molecular flexibility index (Phi) is 4.49. The molecule has 5 heteroatoms. The fraction of sp³-hybridized carbons (Fsp3) is 0.200. The molecule has 2 aromatic carbocycles. The number of hydrogen-bond donors (Lipinski definition) is 2. The Morgan fingerprint density at radius 2 is 1.90 bits per heavy atom. The second kappa shape index (κ2) is 6.13. The molecule has 0 radical (unpaired) electrons. The topological polar surface area (TPSA) is 47.3 Å². The van der Waals surface area contributed by atoms with Gasteiger partial charge in [0.1, 0.15) is 11.6 Å². The summed E-state index contributed by atoms with van der Waals surface area (Å²) in [5, 5.41) is 3.17. The highest BCUT2D eigenvalue weighted by atomic mass is 79.9. The van der Waals surface area contributed by atoms with Crippen LogP contribution < -0.4 is 15.8 Å². The summed E-state index contributed by atoms with van der Waals surface area (Å²) in [6, 6.07) is 10.1. The van der Waals surface area contributed by atoms with Crippen LogP contribution in [-0.4, -0.2) is 6.10 Å². The van der Waals surface area contributed by atoms with Crippen molar-refractivity contribution in [3.63, 3.8) is 0 Å². The summed E-state index contributed by atoms with van der Waals surface area (Å²) in [4.78, 5) is 0. The van der Waals surface area contributed by atoms with Crippen molar-refractivity contribution in [1.29, 1.82) is 0 Å². The van der Waals surface area contributed by atoms with Gasteiger partial charge in [-0.1, -0.05) is 0 Å². The predicted octanol–water partition coefficient (Wildman–Crippen LogP) is 4.70. The lowest BCUT2D eigenvalue weighted by molar-refractivity contribution is 0.242. The van der Waals surface area contributed by atoms with Crippen LogP contribution in [0.3, 0.4) is 0 Å². The summed E-state index contributed by atoms with van der Waals surface area (Å²) in [5.74, 6) is 0.399. The van der Waals surface area contributed by atoms with Crippen LogP contribution in [0.15, 0.2) is 40.9 Å². The van der Waals surface area contributed by atoms with Crippen LogP contribution in [-0.2, 0) is 0 Å². The maximum Gasteiger partial charge on any atom is 0.137 e. The van der Waals surface area contributed by atoms with Crippen molar-refractivity contribution in [3.05, 3.63) is 46.7 Å². The van der Waals surface area contributed by atoms with Crippen molar-refractivity contribution in [2.24, 2.45) is 0 Å². The molecule has 106 valence electrons. The molecule has 0 amide bonds. The lowest BCUT2D eigenvalue weighted by Crippen LogP contribution is -2.06. The van der Waals surface area contributed by atoms with E-state index >= 15 is 0 Å². The summed E-state index contributed by atoms with van der Waals surface area (Å²) in [6.07, 6.45) is 0.0737. The van der Waals surface area contributed by atoms with E-state index in [0.29, 0.717) is 15.9 Å². The number of ether oxygens (including phenoxy) is 1. The van der Waals surface area contributed by atoms with Crippen LogP contribution in [0.1, 0.15) is 13.8 Å². The summed E-state index contributed by atoms with van der Waals surface area (Å²) >= 11 is 3.16. The Hall–Kier alpha value is -1.75. The Morgan fingerprint density at radius 3 is 2.55 bits per heavy atom. The van der Waals surface area contributed by atoms with E-state index in [1.54, 1.807) is 24.3 Å². The van der Waals surface area contributed by atoms with Crippen LogP contribution >= 0.6 is 15.9 Å². The van der Waals surface area contributed by atoms with E-state index in [9.17, 15) is 4.39 Å². The third kappa shape index (κ3) is 3.87. The molecule has 0 spiro atoms. The zero-order valence-corrected chi connectivity index (χ0v) is 12.9. The molecule has 0 heterocycles. The number of nitrogen functional groups attached to an aromatic ring is 1. The maximum absolute atomic E-state index is 13.2. The van der Waals surface area contributed by atoms with Gasteiger partial charge in [0.15, 0.2) is 0 Å². The average Bonchev–Trinajstić information content (AvgIpc) is 2.32. The quantitative estimate of drug-likeness (QED) is 0.794. The van der Waals surface area contributed by atoms with Gasteiger partial charge in [0, 0.05) is 29.2 Å². The first-order chi connectivity index (χ1) is 9.44. The molecular formula is C15H16BrFN2O. The summed E-state index contributed by atoms with van der Waals surface area (Å²) in [7, 11) is 0. The van der Waals surface area contributed by atoms with Gasteiger partial charge in [0.2, 0.25) is 0 Å². The van der Waals surface area contributed by atoms with E-state index in [0.717, 1.165) is 11.4 Å². The minimum absolute atomic E-state index is 0.0737. The second-order valence-electron chi connectivity index (χ2n) is 4.71. The average molecular weight is 339 g/mol. The van der Waals surface area contributed by atoms with Crippen LogP contribution in [0.4, 0.5) is 21.5 Å². The van der Waals surface area contributed by atoms with Crippen LogP contribution in [0.2, 0.25) is 0 Å². The molecule has 0 aromatic heterocycles. The van der Waals surface area contributed by atoms with E-state index in [1.807, 2.05) is 19.9 Å². The molecule has 0 atom stereocenters. The summed E-state index contributed by atoms with van der Waals surface area (Å²) < 4.78 is 19.2. The highest BCUT2D eigenvalue weighted by Gasteiger charge is 2.04. The third-order valence-electron chi connectivity index (χ3n) is 2.51. The first-order valence-corrected chi connectivity index (χ1v) is 7.02. The van der Waals surface area contributed by atoms with E-state index in [4.69, 9.17) is 10.5 Å². The van der Waals surface area contributed by atoms with Gasteiger partial charge in [0.25, 0.3) is 0 Å². The molecular weight excluding hydrogens is 323 g/mol. The number of hydrogen-bond acceptors (Lipinski definition) is 3. The SMILES string of the molecule is CC(C)Oc1cc(N)cc(Nc2ccc(F)c(Br)c2)c1. The van der Waals surface area contributed by atoms with E-state index in [2.05, 4.69) is 21.2 Å². The molecule has 0 aliphatic heterocycles. The Balaban J connectivity index is 2.24. The number of anilines is 3. The highest BCUT2D eigenvalue weighted by Crippen LogP contribution is 2.28. The van der Waals surface area contributed by atoms with Crippen LogP contribution in [0, 0.1) is 5.82 Å². The largest absolute Gasteiger partial charge is 0.491 e. The fourth-order valence-corrected chi connectivity index (χ4v) is 2.15. The van der Waals surface area contributed by atoms with Gasteiger partial charge in [-0.05, 0) is 54.0 Å². The lowest BCUT2D eigenvalue weighted by Gasteiger charge is -2.13. The molecule has 3 N–H and O–H groups in total. The van der Waals surface area contributed by atoms with Gasteiger partial charge < -0.3 is 15.8 Å². The molecule has 3 nitrogen and oxygen atoms in total. The number of nitrogens with two attached hydrogens (primary N) is 1. The summed E-state index contributed by atoms with van der Waals surface area (Å²) in [5.41, 5.74) is 8.01. The number of rotatable bonds is 4. The van der Waals surface area contributed by atoms with Crippen molar-refractivity contribution in [1.82, 2.24) is 0 Å². The molecule has 20 heavy (non-hydrogen) atoms.